The first-order chi connectivity index (χ1) is 34.1. The summed E-state index contributed by atoms with van der Waals surface area (Å²) >= 11 is 0. The second kappa shape index (κ2) is 14.6. The van der Waals surface area contributed by atoms with E-state index in [1.165, 1.54) is 78.9 Å². The lowest BCUT2D eigenvalue weighted by Gasteiger charge is -2.31. The minimum Gasteiger partial charge on any atom is -0.170 e. The van der Waals surface area contributed by atoms with Gasteiger partial charge in [0.25, 0.3) is 0 Å². The average Bonchev–Trinajstić information content (AvgIpc) is 3.97. The van der Waals surface area contributed by atoms with Crippen LogP contribution in [0.25, 0.3) is 77.9 Å². The summed E-state index contributed by atoms with van der Waals surface area (Å²) in [4.78, 5) is 0. The molecule has 73 heavy (non-hydrogen) atoms. The molecule has 8 aromatic carbocycles. The molecular weight excluding hydrogens is 961 g/mol. The summed E-state index contributed by atoms with van der Waals surface area (Å²) in [6.45, 7) is 6.00. The number of rotatable bonds is 3. The maximum absolute atomic E-state index is 15.8. The van der Waals surface area contributed by atoms with Gasteiger partial charge in [-0.3, -0.25) is 0 Å². The lowest BCUT2D eigenvalue weighted by molar-refractivity contribution is -0.172. The van der Waals surface area contributed by atoms with Gasteiger partial charge in [-0.25, -0.2) is 0 Å². The summed E-state index contributed by atoms with van der Waals surface area (Å²) < 4.78 is 185. The van der Waals surface area contributed by atoms with Crippen molar-refractivity contribution < 1.29 is 52.7 Å². The zero-order valence-electron chi connectivity index (χ0n) is 39.5. The SMILES string of the molecule is Cc1ccc2c(c1)C(C)(C(F)(F)F)c1cc(-c3ccc4c(c3)C(C)(C(F)(F)F)c3cc(-c5ccc6c(c5)C(C)(C(F)(F)F)c5cc(-c7ccc8c(c7)C(C)(C(F)(F)F)c7ccccc7-8)ccc5-6)ccc3-4)ccc1-2. The topological polar surface area (TPSA) is 0 Å². The van der Waals surface area contributed by atoms with E-state index >= 15 is 39.5 Å². The molecule has 0 bridgehead atoms. The van der Waals surface area contributed by atoms with Gasteiger partial charge in [-0.2, -0.15) is 52.7 Å². The number of hydrogen-bond acceptors (Lipinski definition) is 0. The summed E-state index contributed by atoms with van der Waals surface area (Å²) in [6.07, 6.45) is -19.2. The van der Waals surface area contributed by atoms with E-state index in [0.717, 1.165) is 27.7 Å². The van der Waals surface area contributed by atoms with Crippen molar-refractivity contribution in [3.05, 3.63) is 202 Å². The zero-order chi connectivity index (χ0) is 52.0. The molecule has 12 rings (SSSR count). The first-order valence-electron chi connectivity index (χ1n) is 23.5. The molecule has 0 nitrogen and oxygen atoms in total. The molecule has 4 aliphatic carbocycles. The average molecular weight is 1000 g/mol. The minimum atomic E-state index is -4.91. The maximum Gasteiger partial charge on any atom is 0.402 e. The van der Waals surface area contributed by atoms with Gasteiger partial charge in [0.05, 0.1) is 0 Å². The summed E-state index contributed by atoms with van der Waals surface area (Å²) in [5.74, 6) is 0. The third-order valence-electron chi connectivity index (χ3n) is 17.0. The van der Waals surface area contributed by atoms with Crippen molar-refractivity contribution in [3.8, 4) is 77.9 Å². The minimum absolute atomic E-state index is 0.00710. The fraction of sp³-hybridized carbons (Fsp3) is 0.213. The molecule has 0 fully saturated rings. The molecule has 0 aliphatic heterocycles. The number of alkyl halides is 12. The highest BCUT2D eigenvalue weighted by atomic mass is 19.4. The van der Waals surface area contributed by atoms with Gasteiger partial charge < -0.3 is 0 Å². The predicted molar refractivity (Wildman–Crippen MR) is 259 cm³/mol. The van der Waals surface area contributed by atoms with Crippen LogP contribution in [0.15, 0.2) is 152 Å². The third-order valence-corrected chi connectivity index (χ3v) is 17.0. The van der Waals surface area contributed by atoms with Gasteiger partial charge in [-0.1, -0.05) is 121 Å². The Bertz CT molecular complexity index is 3720. The van der Waals surface area contributed by atoms with Gasteiger partial charge in [0, 0.05) is 0 Å². The van der Waals surface area contributed by atoms with Crippen molar-refractivity contribution in [2.24, 2.45) is 0 Å². The van der Waals surface area contributed by atoms with Gasteiger partial charge in [-0.05, 0) is 193 Å². The van der Waals surface area contributed by atoms with Gasteiger partial charge in [0.1, 0.15) is 21.7 Å². The number of fused-ring (bicyclic) bond motifs is 12. The Morgan fingerprint density at radius 2 is 0.452 bits per heavy atom. The van der Waals surface area contributed by atoms with Crippen LogP contribution in [0.1, 0.15) is 77.8 Å². The van der Waals surface area contributed by atoms with E-state index in [1.807, 2.05) is 0 Å². The first kappa shape index (κ1) is 47.0. The number of benzene rings is 8. The standard InChI is InChI=1S/C61H40F12/c1-31-10-17-39-41-19-12-33(26-49(41)55(3,47(39)24-31)59(65,66)67)35-14-21-43-45-23-16-37(30-53(45)57(5,51(43)28-35)61(71,72)73)36-15-22-44-42-20-13-34(27-50(42)56(4,52(44)29-36)60(68,69)70)32-11-18-40-38-8-6-7-9-46(38)54(2,48(40)25-32)58(62,63)64/h6-30H,1-5H3. The summed E-state index contributed by atoms with van der Waals surface area (Å²) in [5, 5.41) is 0. The zero-order valence-corrected chi connectivity index (χ0v) is 39.5. The molecule has 0 radical (unpaired) electrons. The van der Waals surface area contributed by atoms with Crippen LogP contribution in [-0.4, -0.2) is 24.7 Å². The van der Waals surface area contributed by atoms with Crippen molar-refractivity contribution in [1.82, 2.24) is 0 Å². The van der Waals surface area contributed by atoms with Gasteiger partial charge >= 0.3 is 24.7 Å². The quantitative estimate of drug-likeness (QED) is 0.155. The molecule has 4 atom stereocenters. The molecule has 0 N–H and O–H groups in total. The van der Waals surface area contributed by atoms with Gasteiger partial charge in [0.2, 0.25) is 0 Å². The molecule has 12 heteroatoms. The molecule has 0 aromatic heterocycles. The fourth-order valence-electron chi connectivity index (χ4n) is 12.5. The first-order valence-corrected chi connectivity index (χ1v) is 23.5. The van der Waals surface area contributed by atoms with E-state index in [1.54, 1.807) is 79.7 Å². The second-order valence-electron chi connectivity index (χ2n) is 20.6. The van der Waals surface area contributed by atoms with Crippen molar-refractivity contribution in [2.75, 3.05) is 0 Å². The third kappa shape index (κ3) is 6.00. The molecule has 0 saturated heterocycles. The number of halogens is 12. The highest BCUT2D eigenvalue weighted by Crippen LogP contribution is 2.62. The Kier molecular flexibility index (Phi) is 9.37. The Morgan fingerprint density at radius 3 is 0.712 bits per heavy atom. The Hall–Kier alpha value is -7.08. The number of hydrogen-bond donors (Lipinski definition) is 0. The van der Waals surface area contributed by atoms with E-state index in [0.29, 0.717) is 38.9 Å². The van der Waals surface area contributed by atoms with E-state index < -0.39 is 46.4 Å². The van der Waals surface area contributed by atoms with Crippen molar-refractivity contribution in [3.63, 3.8) is 0 Å². The molecule has 4 unspecified atom stereocenters. The van der Waals surface area contributed by atoms with Crippen molar-refractivity contribution in [1.29, 1.82) is 0 Å². The van der Waals surface area contributed by atoms with Crippen molar-refractivity contribution in [2.45, 2.75) is 81.0 Å². The summed E-state index contributed by atoms with van der Waals surface area (Å²) in [5.41, 5.74) is -5.52. The molecule has 0 saturated carbocycles. The normalized spacial score (nSPS) is 22.3. The van der Waals surface area contributed by atoms with Gasteiger partial charge in [0.15, 0.2) is 0 Å². The summed E-state index contributed by atoms with van der Waals surface area (Å²) in [7, 11) is 0. The molecule has 4 aliphatic rings. The number of aryl methyl sites for hydroxylation is 1. The molecule has 0 amide bonds. The summed E-state index contributed by atoms with van der Waals surface area (Å²) in [6, 6.07) is 38.1. The maximum atomic E-state index is 15.8. The monoisotopic (exact) mass is 1000 g/mol. The van der Waals surface area contributed by atoms with Crippen LogP contribution in [0.5, 0.6) is 0 Å². The lowest BCUT2D eigenvalue weighted by atomic mass is 9.76. The van der Waals surface area contributed by atoms with Crippen molar-refractivity contribution >= 4 is 0 Å². The Balaban J connectivity index is 0.924. The molecule has 0 heterocycles. The highest BCUT2D eigenvalue weighted by molar-refractivity contribution is 5.91. The second-order valence-corrected chi connectivity index (χ2v) is 20.6. The van der Waals surface area contributed by atoms with Crippen LogP contribution in [0, 0.1) is 6.92 Å². The van der Waals surface area contributed by atoms with Crippen LogP contribution in [-0.2, 0) is 21.7 Å². The molecule has 368 valence electrons. The van der Waals surface area contributed by atoms with Crippen LogP contribution in [0.4, 0.5) is 52.7 Å². The van der Waals surface area contributed by atoms with Crippen LogP contribution >= 0.6 is 0 Å². The fourth-order valence-corrected chi connectivity index (χ4v) is 12.5. The molecular formula is C61H40F12. The van der Waals surface area contributed by atoms with Crippen LogP contribution in [0.2, 0.25) is 0 Å². The van der Waals surface area contributed by atoms with E-state index in [4.69, 9.17) is 0 Å². The smallest absolute Gasteiger partial charge is 0.170 e. The van der Waals surface area contributed by atoms with E-state index in [-0.39, 0.29) is 89.0 Å². The molecule has 8 aromatic rings. The van der Waals surface area contributed by atoms with Crippen LogP contribution < -0.4 is 0 Å². The Morgan fingerprint density at radius 1 is 0.247 bits per heavy atom. The predicted octanol–water partition coefficient (Wildman–Crippen LogP) is 18.4. The highest BCUT2D eigenvalue weighted by Gasteiger charge is 2.62. The van der Waals surface area contributed by atoms with E-state index in [2.05, 4.69) is 0 Å². The lowest BCUT2D eigenvalue weighted by Crippen LogP contribution is -2.39. The molecule has 0 spiro atoms. The Labute approximate surface area is 412 Å². The van der Waals surface area contributed by atoms with Gasteiger partial charge in [-0.15, -0.1) is 0 Å². The largest absolute Gasteiger partial charge is 0.402 e. The van der Waals surface area contributed by atoms with E-state index in [9.17, 15) is 13.2 Å². The van der Waals surface area contributed by atoms with Crippen LogP contribution in [0.3, 0.4) is 0 Å².